The summed E-state index contributed by atoms with van der Waals surface area (Å²) in [7, 11) is 0. The van der Waals surface area contributed by atoms with Gasteiger partial charge in [-0.15, -0.1) is 0 Å². The first-order valence-corrected chi connectivity index (χ1v) is 6.04. The third kappa shape index (κ3) is 2.90. The Labute approximate surface area is 119 Å². The molecule has 0 saturated heterocycles. The fraction of sp³-hybridized carbons (Fsp3) is 0. The average Bonchev–Trinajstić information content (AvgIpc) is 2.38. The number of benzene rings is 1. The van der Waals surface area contributed by atoms with Crippen molar-refractivity contribution in [2.75, 3.05) is 11.1 Å². The van der Waals surface area contributed by atoms with E-state index in [1.54, 1.807) is 0 Å². The van der Waals surface area contributed by atoms with Gasteiger partial charge in [0.15, 0.2) is 0 Å². The van der Waals surface area contributed by atoms with Crippen LogP contribution in [-0.4, -0.2) is 10.9 Å². The first-order valence-electron chi connectivity index (χ1n) is 5.25. The minimum atomic E-state index is -0.970. The molecule has 104 valence electrons. The Morgan fingerprint density at radius 2 is 1.90 bits per heavy atom. The van der Waals surface area contributed by atoms with Gasteiger partial charge in [0.05, 0.1) is 21.9 Å². The van der Waals surface area contributed by atoms with Crippen LogP contribution in [0.3, 0.4) is 0 Å². The molecule has 0 aliphatic carbocycles. The van der Waals surface area contributed by atoms with Crippen LogP contribution in [0.4, 0.5) is 24.7 Å². The number of nitrogen functional groups attached to an aromatic ring is 1. The molecule has 20 heavy (non-hydrogen) atoms. The lowest BCUT2D eigenvalue weighted by atomic mass is 10.2. The van der Waals surface area contributed by atoms with Crippen LogP contribution in [0.1, 0.15) is 10.4 Å². The van der Waals surface area contributed by atoms with E-state index >= 15 is 0 Å². The molecular formula is C12H7BrF3N3O. The number of nitrogens with two attached hydrogens (primary N) is 1. The van der Waals surface area contributed by atoms with Crippen molar-refractivity contribution < 1.29 is 18.0 Å². The molecule has 0 bridgehead atoms. The van der Waals surface area contributed by atoms with Gasteiger partial charge < -0.3 is 11.1 Å². The van der Waals surface area contributed by atoms with Crippen molar-refractivity contribution in [2.45, 2.75) is 0 Å². The second-order valence-corrected chi connectivity index (χ2v) is 4.64. The molecule has 1 heterocycles. The maximum atomic E-state index is 13.5. The molecule has 1 aromatic heterocycles. The summed E-state index contributed by atoms with van der Waals surface area (Å²) in [5.41, 5.74) is 4.92. The van der Waals surface area contributed by atoms with Crippen LogP contribution < -0.4 is 11.1 Å². The first kappa shape index (κ1) is 14.3. The average molecular weight is 346 g/mol. The molecule has 0 spiro atoms. The highest BCUT2D eigenvalue weighted by Crippen LogP contribution is 2.24. The number of nitrogens with zero attached hydrogens (tertiary/aromatic N) is 1. The zero-order valence-corrected chi connectivity index (χ0v) is 11.3. The smallest absolute Gasteiger partial charge is 0.259 e. The molecule has 0 unspecified atom stereocenters. The van der Waals surface area contributed by atoms with Gasteiger partial charge in [-0.1, -0.05) is 0 Å². The molecule has 0 fully saturated rings. The molecule has 0 radical (unpaired) electrons. The van der Waals surface area contributed by atoms with E-state index in [4.69, 9.17) is 5.73 Å². The number of halogens is 4. The van der Waals surface area contributed by atoms with Gasteiger partial charge in [-0.25, -0.2) is 18.2 Å². The van der Waals surface area contributed by atoms with Gasteiger partial charge >= 0.3 is 0 Å². The Morgan fingerprint density at radius 3 is 2.60 bits per heavy atom. The van der Waals surface area contributed by atoms with Gasteiger partial charge in [0.1, 0.15) is 23.3 Å². The van der Waals surface area contributed by atoms with Crippen LogP contribution in [0.25, 0.3) is 0 Å². The van der Waals surface area contributed by atoms with Crippen molar-refractivity contribution in [1.29, 1.82) is 0 Å². The number of anilines is 2. The van der Waals surface area contributed by atoms with E-state index in [0.29, 0.717) is 6.07 Å². The van der Waals surface area contributed by atoms with Crippen LogP contribution in [-0.2, 0) is 0 Å². The van der Waals surface area contributed by atoms with Gasteiger partial charge in [-0.3, -0.25) is 4.79 Å². The van der Waals surface area contributed by atoms with Crippen LogP contribution in [0.15, 0.2) is 28.9 Å². The van der Waals surface area contributed by atoms with Crippen molar-refractivity contribution in [3.63, 3.8) is 0 Å². The van der Waals surface area contributed by atoms with E-state index < -0.39 is 23.4 Å². The van der Waals surface area contributed by atoms with Gasteiger partial charge in [0, 0.05) is 6.07 Å². The minimum Gasteiger partial charge on any atom is -0.383 e. The standard InChI is InChI=1S/C12H7BrF3N3O/c13-7-2-10(9(16)3-8(7)15)19-12(20)6-1-5(14)4-18-11(6)17/h1-4H,(H2,17,18)(H,19,20). The highest BCUT2D eigenvalue weighted by molar-refractivity contribution is 9.10. The zero-order chi connectivity index (χ0) is 14.9. The van der Waals surface area contributed by atoms with Crippen LogP contribution >= 0.6 is 15.9 Å². The number of amides is 1. The predicted molar refractivity (Wildman–Crippen MR) is 70.6 cm³/mol. The third-order valence-corrected chi connectivity index (χ3v) is 3.00. The van der Waals surface area contributed by atoms with Crippen molar-refractivity contribution in [3.8, 4) is 0 Å². The van der Waals surface area contributed by atoms with Gasteiger partial charge in [0.2, 0.25) is 0 Å². The Morgan fingerprint density at radius 1 is 1.20 bits per heavy atom. The molecule has 2 rings (SSSR count). The van der Waals surface area contributed by atoms with Crippen molar-refractivity contribution in [1.82, 2.24) is 4.98 Å². The van der Waals surface area contributed by atoms with Gasteiger partial charge in [-0.05, 0) is 28.1 Å². The summed E-state index contributed by atoms with van der Waals surface area (Å²) in [6.07, 6.45) is 0.848. The van der Waals surface area contributed by atoms with Gasteiger partial charge in [0.25, 0.3) is 5.91 Å². The topological polar surface area (TPSA) is 68.0 Å². The predicted octanol–water partition coefficient (Wildman–Crippen LogP) is 3.10. The third-order valence-electron chi connectivity index (χ3n) is 2.39. The van der Waals surface area contributed by atoms with Crippen molar-refractivity contribution in [2.24, 2.45) is 0 Å². The maximum Gasteiger partial charge on any atom is 0.259 e. The lowest BCUT2D eigenvalue weighted by molar-refractivity contribution is 0.102. The molecule has 0 aliphatic rings. The zero-order valence-electron chi connectivity index (χ0n) is 9.75. The lowest BCUT2D eigenvalue weighted by Crippen LogP contribution is -2.16. The number of nitrogens with one attached hydrogen (secondary N) is 1. The Bertz CT molecular complexity index is 694. The molecule has 3 N–H and O–H groups in total. The fourth-order valence-electron chi connectivity index (χ4n) is 1.44. The number of aromatic nitrogens is 1. The summed E-state index contributed by atoms with van der Waals surface area (Å²) in [5, 5.41) is 2.17. The normalized spacial score (nSPS) is 10.4. The van der Waals surface area contributed by atoms with E-state index in [1.807, 2.05) is 0 Å². The van der Waals surface area contributed by atoms with Crippen molar-refractivity contribution in [3.05, 3.63) is 51.9 Å². The minimum absolute atomic E-state index is 0.0282. The SMILES string of the molecule is Nc1ncc(F)cc1C(=O)Nc1cc(Br)c(F)cc1F. The highest BCUT2D eigenvalue weighted by Gasteiger charge is 2.15. The largest absolute Gasteiger partial charge is 0.383 e. The summed E-state index contributed by atoms with van der Waals surface area (Å²) in [4.78, 5) is 15.3. The molecule has 0 saturated carbocycles. The number of rotatable bonds is 2. The second kappa shape index (κ2) is 5.49. The summed E-state index contributed by atoms with van der Waals surface area (Å²) in [6.45, 7) is 0. The van der Waals surface area contributed by atoms with E-state index in [9.17, 15) is 18.0 Å². The lowest BCUT2D eigenvalue weighted by Gasteiger charge is -2.09. The molecule has 8 heteroatoms. The monoisotopic (exact) mass is 345 g/mol. The summed E-state index contributed by atoms with van der Waals surface area (Å²) < 4.78 is 39.5. The van der Waals surface area contributed by atoms with Crippen LogP contribution in [0, 0.1) is 17.5 Å². The molecule has 4 nitrogen and oxygen atoms in total. The van der Waals surface area contributed by atoms with E-state index in [1.165, 1.54) is 0 Å². The molecule has 1 amide bonds. The van der Waals surface area contributed by atoms with Crippen molar-refractivity contribution >= 4 is 33.3 Å². The number of carbonyl (C=O) groups is 1. The number of carbonyl (C=O) groups excluding carboxylic acids is 1. The number of hydrogen-bond donors (Lipinski definition) is 2. The van der Waals surface area contributed by atoms with Crippen LogP contribution in [0.2, 0.25) is 0 Å². The van der Waals surface area contributed by atoms with Gasteiger partial charge in [-0.2, -0.15) is 0 Å². The first-order chi connectivity index (χ1) is 9.38. The van der Waals surface area contributed by atoms with Crippen LogP contribution in [0.5, 0.6) is 0 Å². The molecule has 2 aromatic rings. The van der Waals surface area contributed by atoms with E-state index in [2.05, 4.69) is 26.2 Å². The summed E-state index contributed by atoms with van der Waals surface area (Å²) >= 11 is 2.86. The Balaban J connectivity index is 2.32. The highest BCUT2D eigenvalue weighted by atomic mass is 79.9. The summed E-state index contributed by atoms with van der Waals surface area (Å²) in [5.74, 6) is -3.60. The van der Waals surface area contributed by atoms with E-state index in [-0.39, 0.29) is 21.5 Å². The Hall–Kier alpha value is -2.09. The maximum absolute atomic E-state index is 13.5. The number of hydrogen-bond acceptors (Lipinski definition) is 3. The molecule has 0 aliphatic heterocycles. The molecule has 1 aromatic carbocycles. The Kier molecular flexibility index (Phi) is 3.93. The molecule has 0 atom stereocenters. The molecular weight excluding hydrogens is 339 g/mol. The fourth-order valence-corrected chi connectivity index (χ4v) is 1.78. The second-order valence-electron chi connectivity index (χ2n) is 3.79. The summed E-state index contributed by atoms with van der Waals surface area (Å²) in [6, 6.07) is 2.52. The number of pyridine rings is 1. The van der Waals surface area contributed by atoms with E-state index in [0.717, 1.165) is 18.3 Å². The quantitative estimate of drug-likeness (QED) is 0.822.